The van der Waals surface area contributed by atoms with Crippen LogP contribution in [0.15, 0.2) is 47.2 Å². The number of hydrogen-bond acceptors (Lipinski definition) is 5. The van der Waals surface area contributed by atoms with Gasteiger partial charge in [-0.3, -0.25) is 9.78 Å². The average molecular weight is 359 g/mol. The summed E-state index contributed by atoms with van der Waals surface area (Å²) in [5.41, 5.74) is 0.911. The summed E-state index contributed by atoms with van der Waals surface area (Å²) in [6.07, 6.45) is 3.44. The van der Waals surface area contributed by atoms with Gasteiger partial charge in [-0.25, -0.2) is 4.39 Å². The molecule has 1 atom stereocenters. The molecule has 1 aliphatic rings. The van der Waals surface area contributed by atoms with Crippen LogP contribution in [0.3, 0.4) is 0 Å². The van der Waals surface area contributed by atoms with E-state index >= 15 is 0 Å². The van der Waals surface area contributed by atoms with Crippen LogP contribution in [0.25, 0.3) is 11.5 Å². The Bertz CT molecular complexity index is 931. The SMILES string of the molecule is O=C1CC(c2noc(-c3ccncc3)n2)CN1c1cc(Cl)ccc1F. The molecule has 3 heterocycles. The van der Waals surface area contributed by atoms with Crippen LogP contribution in [0.4, 0.5) is 10.1 Å². The second-order valence-corrected chi connectivity index (χ2v) is 6.13. The number of amides is 1. The molecule has 6 nitrogen and oxygen atoms in total. The fourth-order valence-corrected chi connectivity index (χ4v) is 2.98. The Morgan fingerprint density at radius 3 is 2.84 bits per heavy atom. The maximum atomic E-state index is 14.0. The predicted molar refractivity (Wildman–Crippen MR) is 88.7 cm³/mol. The van der Waals surface area contributed by atoms with Crippen LogP contribution in [0.2, 0.25) is 5.02 Å². The summed E-state index contributed by atoms with van der Waals surface area (Å²) >= 11 is 5.92. The highest BCUT2D eigenvalue weighted by Gasteiger charge is 2.35. The maximum Gasteiger partial charge on any atom is 0.258 e. The van der Waals surface area contributed by atoms with Crippen molar-refractivity contribution >= 4 is 23.2 Å². The van der Waals surface area contributed by atoms with Crippen molar-refractivity contribution in [2.45, 2.75) is 12.3 Å². The van der Waals surface area contributed by atoms with Gasteiger partial charge < -0.3 is 9.42 Å². The van der Waals surface area contributed by atoms with Gasteiger partial charge in [-0.05, 0) is 30.3 Å². The minimum absolute atomic E-state index is 0.165. The van der Waals surface area contributed by atoms with Crippen LogP contribution < -0.4 is 4.90 Å². The van der Waals surface area contributed by atoms with Crippen LogP contribution in [-0.2, 0) is 4.79 Å². The molecule has 1 aliphatic heterocycles. The number of carbonyl (C=O) groups excluding carboxylic acids is 1. The molecule has 8 heteroatoms. The third-order valence-corrected chi connectivity index (χ3v) is 4.29. The first-order valence-electron chi connectivity index (χ1n) is 7.61. The molecule has 25 heavy (non-hydrogen) atoms. The lowest BCUT2D eigenvalue weighted by atomic mass is 10.1. The molecule has 0 aliphatic carbocycles. The second-order valence-electron chi connectivity index (χ2n) is 5.69. The van der Waals surface area contributed by atoms with Crippen molar-refractivity contribution in [3.63, 3.8) is 0 Å². The van der Waals surface area contributed by atoms with E-state index in [2.05, 4.69) is 15.1 Å². The Balaban J connectivity index is 1.59. The Morgan fingerprint density at radius 2 is 2.04 bits per heavy atom. The van der Waals surface area contributed by atoms with Crippen LogP contribution in [0.1, 0.15) is 18.2 Å². The van der Waals surface area contributed by atoms with Crippen LogP contribution in [0.5, 0.6) is 0 Å². The monoisotopic (exact) mass is 358 g/mol. The minimum atomic E-state index is -0.496. The van der Waals surface area contributed by atoms with Gasteiger partial charge in [-0.1, -0.05) is 16.8 Å². The number of carbonyl (C=O) groups is 1. The van der Waals surface area contributed by atoms with Crippen molar-refractivity contribution in [2.24, 2.45) is 0 Å². The van der Waals surface area contributed by atoms with Crippen molar-refractivity contribution in [3.05, 3.63) is 59.4 Å². The molecule has 126 valence electrons. The van der Waals surface area contributed by atoms with Gasteiger partial charge in [0, 0.05) is 41.9 Å². The first-order valence-corrected chi connectivity index (χ1v) is 7.99. The summed E-state index contributed by atoms with van der Waals surface area (Å²) in [5, 5.41) is 4.34. The summed E-state index contributed by atoms with van der Waals surface area (Å²) in [5.74, 6) is -0.196. The predicted octanol–water partition coefficient (Wildman–Crippen LogP) is 3.44. The van der Waals surface area contributed by atoms with Crippen molar-refractivity contribution in [1.29, 1.82) is 0 Å². The Labute approximate surface area is 147 Å². The molecule has 0 radical (unpaired) electrons. The van der Waals surface area contributed by atoms with Crippen molar-refractivity contribution in [1.82, 2.24) is 15.1 Å². The number of halogens is 2. The Kier molecular flexibility index (Phi) is 3.93. The summed E-state index contributed by atoms with van der Waals surface area (Å²) in [4.78, 5) is 22.0. The fourth-order valence-electron chi connectivity index (χ4n) is 2.82. The van der Waals surface area contributed by atoms with Crippen molar-refractivity contribution in [3.8, 4) is 11.5 Å². The van der Waals surface area contributed by atoms with E-state index in [4.69, 9.17) is 16.1 Å². The van der Waals surface area contributed by atoms with E-state index < -0.39 is 5.82 Å². The number of benzene rings is 1. The average Bonchev–Trinajstić information content (AvgIpc) is 3.25. The molecule has 4 rings (SSSR count). The lowest BCUT2D eigenvalue weighted by Crippen LogP contribution is -2.25. The molecule has 0 bridgehead atoms. The molecular weight excluding hydrogens is 347 g/mol. The van der Waals surface area contributed by atoms with Gasteiger partial charge in [0.05, 0.1) is 5.69 Å². The number of aromatic nitrogens is 3. The van der Waals surface area contributed by atoms with Gasteiger partial charge in [0.15, 0.2) is 5.82 Å². The quantitative estimate of drug-likeness (QED) is 0.717. The highest BCUT2D eigenvalue weighted by molar-refractivity contribution is 6.31. The zero-order valence-corrected chi connectivity index (χ0v) is 13.7. The largest absolute Gasteiger partial charge is 0.334 e. The standard InChI is InChI=1S/C17H12ClFN4O2/c18-12-1-2-13(19)14(8-12)23-9-11(7-15(23)24)16-21-17(25-22-16)10-3-5-20-6-4-10/h1-6,8,11H,7,9H2. The van der Waals surface area contributed by atoms with Gasteiger partial charge >= 0.3 is 0 Å². The molecule has 1 aromatic carbocycles. The topological polar surface area (TPSA) is 72.1 Å². The van der Waals surface area contributed by atoms with E-state index in [1.54, 1.807) is 24.5 Å². The molecule has 1 fully saturated rings. The lowest BCUT2D eigenvalue weighted by Gasteiger charge is -2.17. The van der Waals surface area contributed by atoms with E-state index in [0.29, 0.717) is 16.7 Å². The van der Waals surface area contributed by atoms with Crippen molar-refractivity contribution in [2.75, 3.05) is 11.4 Å². The molecule has 0 N–H and O–H groups in total. The van der Waals surface area contributed by atoms with E-state index in [0.717, 1.165) is 5.56 Å². The normalized spacial score (nSPS) is 17.3. The van der Waals surface area contributed by atoms with Gasteiger partial charge in [0.25, 0.3) is 5.89 Å². The van der Waals surface area contributed by atoms with Gasteiger partial charge in [-0.2, -0.15) is 4.98 Å². The molecular formula is C17H12ClFN4O2. The highest BCUT2D eigenvalue weighted by atomic mass is 35.5. The number of anilines is 1. The summed E-state index contributed by atoms with van der Waals surface area (Å²) < 4.78 is 19.3. The lowest BCUT2D eigenvalue weighted by molar-refractivity contribution is -0.117. The number of nitrogens with zero attached hydrogens (tertiary/aromatic N) is 4. The highest BCUT2D eigenvalue weighted by Crippen LogP contribution is 2.33. The first-order chi connectivity index (χ1) is 12.1. The smallest absolute Gasteiger partial charge is 0.258 e. The summed E-state index contributed by atoms with van der Waals surface area (Å²) in [6, 6.07) is 7.64. The summed E-state index contributed by atoms with van der Waals surface area (Å²) in [6.45, 7) is 0.269. The molecule has 1 amide bonds. The van der Waals surface area contributed by atoms with Crippen LogP contribution >= 0.6 is 11.6 Å². The number of hydrogen-bond donors (Lipinski definition) is 0. The minimum Gasteiger partial charge on any atom is -0.334 e. The number of pyridine rings is 1. The second kappa shape index (κ2) is 6.25. The molecule has 2 aromatic heterocycles. The zero-order valence-electron chi connectivity index (χ0n) is 12.9. The molecule has 0 spiro atoms. The fraction of sp³-hybridized carbons (Fsp3) is 0.176. The molecule has 0 saturated carbocycles. The Morgan fingerprint density at radius 1 is 1.24 bits per heavy atom. The Hall–Kier alpha value is -2.80. The van der Waals surface area contributed by atoms with E-state index in [1.165, 1.54) is 23.1 Å². The third kappa shape index (κ3) is 2.98. The summed E-state index contributed by atoms with van der Waals surface area (Å²) in [7, 11) is 0. The van der Waals surface area contributed by atoms with Gasteiger partial charge in [-0.15, -0.1) is 0 Å². The van der Waals surface area contributed by atoms with E-state index in [-0.39, 0.29) is 30.5 Å². The third-order valence-electron chi connectivity index (χ3n) is 4.06. The van der Waals surface area contributed by atoms with E-state index in [9.17, 15) is 9.18 Å². The first kappa shape index (κ1) is 15.7. The van der Waals surface area contributed by atoms with Crippen LogP contribution in [-0.4, -0.2) is 27.6 Å². The zero-order chi connectivity index (χ0) is 17.4. The van der Waals surface area contributed by atoms with Crippen molar-refractivity contribution < 1.29 is 13.7 Å². The molecule has 1 unspecified atom stereocenters. The molecule has 3 aromatic rings. The van der Waals surface area contributed by atoms with Gasteiger partial charge in [0.1, 0.15) is 5.82 Å². The number of rotatable bonds is 3. The maximum absolute atomic E-state index is 14.0. The van der Waals surface area contributed by atoms with E-state index in [1.807, 2.05) is 0 Å². The van der Waals surface area contributed by atoms with Gasteiger partial charge in [0.2, 0.25) is 5.91 Å². The molecule has 1 saturated heterocycles. The van der Waals surface area contributed by atoms with Crippen LogP contribution in [0, 0.1) is 5.82 Å².